The number of carbonyl (C=O) groups is 1. The molecule has 2 heterocycles. The highest BCUT2D eigenvalue weighted by atomic mass is 16.4. The van der Waals surface area contributed by atoms with Crippen LogP contribution in [-0.2, 0) is 4.79 Å². The van der Waals surface area contributed by atoms with Crippen LogP contribution < -0.4 is 15.8 Å². The van der Waals surface area contributed by atoms with Crippen LogP contribution in [0.3, 0.4) is 0 Å². The van der Waals surface area contributed by atoms with E-state index in [0.717, 1.165) is 0 Å². The van der Waals surface area contributed by atoms with Crippen LogP contribution in [0.4, 0.5) is 5.95 Å². The molecule has 1 saturated heterocycles. The van der Waals surface area contributed by atoms with E-state index in [9.17, 15) is 4.79 Å². The number of carbonyl (C=O) groups excluding carboxylic acids is 1. The molecule has 0 aliphatic carbocycles. The van der Waals surface area contributed by atoms with Crippen molar-refractivity contribution < 1.29 is 14.8 Å². The maximum Gasteiger partial charge on any atom is 0.508 e. The molecule has 8 heteroatoms. The Hall–Kier alpha value is -1.67. The molecule has 0 atom stereocenters. The Balaban J connectivity index is 2.19. The highest BCUT2D eigenvalue weighted by Gasteiger charge is 2.20. The Kier molecular flexibility index (Phi) is 3.02. The van der Waals surface area contributed by atoms with Crippen molar-refractivity contribution in [1.29, 1.82) is 0 Å². The molecule has 1 aromatic heterocycles. The Morgan fingerprint density at radius 1 is 1.50 bits per heavy atom. The summed E-state index contributed by atoms with van der Waals surface area (Å²) in [4.78, 5) is 20.8. The van der Waals surface area contributed by atoms with Crippen LogP contribution >= 0.6 is 0 Å². The van der Waals surface area contributed by atoms with Gasteiger partial charge in [-0.3, -0.25) is 4.79 Å². The summed E-state index contributed by atoms with van der Waals surface area (Å²) in [6, 6.07) is 1.41. The van der Waals surface area contributed by atoms with E-state index in [0.29, 0.717) is 19.0 Å². The Labute approximate surface area is 92.3 Å². The fourth-order valence-corrected chi connectivity index (χ4v) is 1.47. The maximum absolute atomic E-state index is 11.2. The Bertz CT molecular complexity index is 401. The number of nitrogens with one attached hydrogen (secondary N) is 1. The maximum atomic E-state index is 11.2. The molecule has 1 aliphatic rings. The minimum atomic E-state index is -1.62. The van der Waals surface area contributed by atoms with E-state index in [2.05, 4.69) is 15.3 Å². The van der Waals surface area contributed by atoms with Gasteiger partial charge in [0, 0.05) is 19.3 Å². The molecular formula is C8H11BN4O3. The molecule has 0 radical (unpaired) electrons. The number of anilines is 1. The lowest BCUT2D eigenvalue weighted by Crippen LogP contribution is -2.49. The van der Waals surface area contributed by atoms with Gasteiger partial charge in [-0.05, 0) is 6.07 Å². The molecule has 7 nitrogen and oxygen atoms in total. The van der Waals surface area contributed by atoms with Crippen molar-refractivity contribution in [3.63, 3.8) is 0 Å². The third-order valence-electron chi connectivity index (χ3n) is 2.25. The van der Waals surface area contributed by atoms with Crippen LogP contribution in [0.2, 0.25) is 0 Å². The van der Waals surface area contributed by atoms with E-state index in [1.165, 1.54) is 12.3 Å². The lowest BCUT2D eigenvalue weighted by Gasteiger charge is -2.26. The molecule has 0 bridgehead atoms. The summed E-state index contributed by atoms with van der Waals surface area (Å²) in [7, 11) is -1.62. The van der Waals surface area contributed by atoms with Gasteiger partial charge >= 0.3 is 7.12 Å². The molecule has 16 heavy (non-hydrogen) atoms. The van der Waals surface area contributed by atoms with Crippen molar-refractivity contribution in [1.82, 2.24) is 15.3 Å². The first kappa shape index (κ1) is 10.8. The van der Waals surface area contributed by atoms with Gasteiger partial charge in [0.15, 0.2) is 0 Å². The average Bonchev–Trinajstić information content (AvgIpc) is 2.29. The number of nitrogens with zero attached hydrogens (tertiary/aromatic N) is 3. The highest BCUT2D eigenvalue weighted by molar-refractivity contribution is 6.57. The van der Waals surface area contributed by atoms with Crippen LogP contribution in [0, 0.1) is 0 Å². The molecule has 0 unspecified atom stereocenters. The van der Waals surface area contributed by atoms with E-state index in [-0.39, 0.29) is 18.0 Å². The van der Waals surface area contributed by atoms with E-state index < -0.39 is 7.12 Å². The SMILES string of the molecule is O=C1CN(c2nccc(B(O)O)n2)CCN1. The fourth-order valence-electron chi connectivity index (χ4n) is 1.47. The van der Waals surface area contributed by atoms with Gasteiger partial charge in [-0.2, -0.15) is 0 Å². The number of hydrogen-bond acceptors (Lipinski definition) is 6. The van der Waals surface area contributed by atoms with E-state index in [1.807, 2.05) is 0 Å². The summed E-state index contributed by atoms with van der Waals surface area (Å²) in [5.74, 6) is 0.241. The zero-order valence-electron chi connectivity index (χ0n) is 8.50. The number of aromatic nitrogens is 2. The van der Waals surface area contributed by atoms with E-state index in [4.69, 9.17) is 10.0 Å². The van der Waals surface area contributed by atoms with Crippen LogP contribution in [0.5, 0.6) is 0 Å². The predicted octanol–water partition coefficient (Wildman–Crippen LogP) is -2.91. The smallest absolute Gasteiger partial charge is 0.422 e. The summed E-state index contributed by atoms with van der Waals surface area (Å²) in [6.45, 7) is 1.33. The Morgan fingerprint density at radius 2 is 2.31 bits per heavy atom. The van der Waals surface area contributed by atoms with Crippen LogP contribution in [-0.4, -0.2) is 52.7 Å². The number of hydrogen-bond donors (Lipinski definition) is 3. The van der Waals surface area contributed by atoms with Gasteiger partial charge in [0.1, 0.15) is 0 Å². The van der Waals surface area contributed by atoms with E-state index in [1.54, 1.807) is 4.90 Å². The third kappa shape index (κ3) is 2.29. The molecule has 3 N–H and O–H groups in total. The van der Waals surface area contributed by atoms with Crippen molar-refractivity contribution in [3.8, 4) is 0 Å². The average molecular weight is 222 g/mol. The van der Waals surface area contributed by atoms with Gasteiger partial charge in [0.25, 0.3) is 0 Å². The largest absolute Gasteiger partial charge is 0.508 e. The zero-order valence-corrected chi connectivity index (χ0v) is 8.50. The monoisotopic (exact) mass is 222 g/mol. The van der Waals surface area contributed by atoms with Crippen molar-refractivity contribution in [2.24, 2.45) is 0 Å². The number of piperazine rings is 1. The summed E-state index contributed by atoms with van der Waals surface area (Å²) >= 11 is 0. The van der Waals surface area contributed by atoms with Gasteiger partial charge in [-0.1, -0.05) is 0 Å². The van der Waals surface area contributed by atoms with Crippen LogP contribution in [0.25, 0.3) is 0 Å². The number of rotatable bonds is 2. The third-order valence-corrected chi connectivity index (χ3v) is 2.25. The minimum Gasteiger partial charge on any atom is -0.422 e. The van der Waals surface area contributed by atoms with Gasteiger partial charge < -0.3 is 20.3 Å². The zero-order chi connectivity index (χ0) is 11.5. The van der Waals surface area contributed by atoms with Gasteiger partial charge in [-0.15, -0.1) is 0 Å². The normalized spacial score (nSPS) is 15.9. The first-order chi connectivity index (χ1) is 7.66. The summed E-state index contributed by atoms with van der Waals surface area (Å²) < 4.78 is 0. The number of amides is 1. The molecule has 0 spiro atoms. The second-order valence-electron chi connectivity index (χ2n) is 3.43. The molecule has 0 saturated carbocycles. The first-order valence-electron chi connectivity index (χ1n) is 4.87. The van der Waals surface area contributed by atoms with Crippen molar-refractivity contribution in [2.45, 2.75) is 0 Å². The molecule has 1 aromatic rings. The summed E-state index contributed by atoms with van der Waals surface area (Å²) in [5, 5.41) is 20.6. The van der Waals surface area contributed by atoms with Gasteiger partial charge in [0.05, 0.1) is 12.1 Å². The molecular weight excluding hydrogens is 211 g/mol. The molecule has 1 aliphatic heterocycles. The highest BCUT2D eigenvalue weighted by Crippen LogP contribution is 2.05. The molecule has 84 valence electrons. The molecule has 1 amide bonds. The second kappa shape index (κ2) is 4.46. The molecule has 1 fully saturated rings. The van der Waals surface area contributed by atoms with Crippen LogP contribution in [0.1, 0.15) is 0 Å². The molecule has 2 rings (SSSR count). The quantitative estimate of drug-likeness (QED) is 0.464. The van der Waals surface area contributed by atoms with Crippen molar-refractivity contribution in [3.05, 3.63) is 12.3 Å². The van der Waals surface area contributed by atoms with Crippen molar-refractivity contribution in [2.75, 3.05) is 24.5 Å². The summed E-state index contributed by atoms with van der Waals surface area (Å²) in [5.41, 5.74) is 0.121. The van der Waals surface area contributed by atoms with Gasteiger partial charge in [0.2, 0.25) is 11.9 Å². The lowest BCUT2D eigenvalue weighted by atomic mass is 9.86. The summed E-state index contributed by atoms with van der Waals surface area (Å²) in [6.07, 6.45) is 1.43. The second-order valence-corrected chi connectivity index (χ2v) is 3.43. The standard InChI is InChI=1S/C8H11BN4O3/c14-7-5-13(4-3-10-7)8-11-2-1-6(12-8)9(15)16/h1-2,15-16H,3-5H2,(H,10,14). The fraction of sp³-hybridized carbons (Fsp3) is 0.375. The Morgan fingerprint density at radius 3 is 3.00 bits per heavy atom. The van der Waals surface area contributed by atoms with E-state index >= 15 is 0 Å². The van der Waals surface area contributed by atoms with Gasteiger partial charge in [-0.25, -0.2) is 9.97 Å². The minimum absolute atomic E-state index is 0.0928. The van der Waals surface area contributed by atoms with Crippen LogP contribution in [0.15, 0.2) is 12.3 Å². The topological polar surface area (TPSA) is 98.6 Å². The molecule has 0 aromatic carbocycles. The lowest BCUT2D eigenvalue weighted by molar-refractivity contribution is -0.120. The van der Waals surface area contributed by atoms with Crippen molar-refractivity contribution >= 4 is 24.6 Å². The predicted molar refractivity (Wildman–Crippen MR) is 57.1 cm³/mol. The first-order valence-corrected chi connectivity index (χ1v) is 4.87.